The molecule has 0 spiro atoms. The second-order valence-electron chi connectivity index (χ2n) is 11.7. The van der Waals surface area contributed by atoms with Gasteiger partial charge in [0.1, 0.15) is 5.78 Å². The molecule has 3 aliphatic carbocycles. The van der Waals surface area contributed by atoms with Crippen molar-refractivity contribution < 1.29 is 4.79 Å². The zero-order chi connectivity index (χ0) is 21.9. The summed E-state index contributed by atoms with van der Waals surface area (Å²) in [4.78, 5) is 12.1. The third-order valence-corrected chi connectivity index (χ3v) is 9.59. The minimum Gasteiger partial charge on any atom is -0.300 e. The van der Waals surface area contributed by atoms with Crippen LogP contribution in [-0.4, -0.2) is 5.78 Å². The van der Waals surface area contributed by atoms with Crippen molar-refractivity contribution in [2.24, 2.45) is 46.8 Å². The lowest BCUT2D eigenvalue weighted by Gasteiger charge is -2.49. The first-order valence-corrected chi connectivity index (χ1v) is 13.1. The number of carbonyl (C=O) groups excluding carboxylic acids is 1. The Morgan fingerprint density at radius 1 is 1.13 bits per heavy atom. The molecule has 0 N–H and O–H groups in total. The standard InChI is InChI=1S/C29H48O/c1-7-23(20(2)3)13-11-21(4)27-10-8-9-24-14-15-25-19-26(30)17-18-29(25,6)28(24)16-12-22(27)5/h8-9,16,20-25,27H,7,10-15,17-19H2,1-6H3/b9-8+,28-16+/t21-,22+,23-,24-,25?,27-,29+/m1/s1. The molecule has 3 aliphatic rings. The van der Waals surface area contributed by atoms with Crippen LogP contribution in [0.25, 0.3) is 0 Å². The quantitative estimate of drug-likeness (QED) is 0.400. The highest BCUT2D eigenvalue weighted by Gasteiger charge is 2.46. The monoisotopic (exact) mass is 412 g/mol. The molecule has 0 bridgehead atoms. The van der Waals surface area contributed by atoms with Gasteiger partial charge in [0.15, 0.2) is 0 Å². The van der Waals surface area contributed by atoms with Crippen molar-refractivity contribution in [2.75, 3.05) is 0 Å². The van der Waals surface area contributed by atoms with Crippen molar-refractivity contribution in [2.45, 2.75) is 106 Å². The van der Waals surface area contributed by atoms with Crippen molar-refractivity contribution in [1.29, 1.82) is 0 Å². The first kappa shape index (κ1) is 23.8. The van der Waals surface area contributed by atoms with E-state index in [1.807, 2.05) is 0 Å². The van der Waals surface area contributed by atoms with E-state index in [4.69, 9.17) is 0 Å². The third-order valence-electron chi connectivity index (χ3n) is 9.59. The largest absolute Gasteiger partial charge is 0.300 e. The molecule has 30 heavy (non-hydrogen) atoms. The minimum atomic E-state index is 0.262. The van der Waals surface area contributed by atoms with Gasteiger partial charge in [0.05, 0.1) is 0 Å². The van der Waals surface area contributed by atoms with Gasteiger partial charge in [-0.15, -0.1) is 0 Å². The van der Waals surface area contributed by atoms with Crippen LogP contribution in [0.15, 0.2) is 23.8 Å². The SMILES string of the molecule is CC[C@H](CC[C@@H](C)[C@H]1C/C=C/[C@@H]2CCC3CC(=O)CC[C@]3(C)/C2=C/C[C@@H]1C)C(C)C. The molecule has 0 aromatic rings. The van der Waals surface area contributed by atoms with Crippen molar-refractivity contribution >= 4 is 5.78 Å². The van der Waals surface area contributed by atoms with Gasteiger partial charge in [-0.25, -0.2) is 0 Å². The van der Waals surface area contributed by atoms with Crippen LogP contribution in [0.5, 0.6) is 0 Å². The van der Waals surface area contributed by atoms with Gasteiger partial charge in [-0.3, -0.25) is 4.79 Å². The molecule has 1 nitrogen and oxygen atoms in total. The molecule has 1 unspecified atom stereocenters. The van der Waals surface area contributed by atoms with E-state index in [1.165, 1.54) is 44.9 Å². The van der Waals surface area contributed by atoms with Gasteiger partial charge in [-0.05, 0) is 85.4 Å². The van der Waals surface area contributed by atoms with Crippen molar-refractivity contribution in [3.8, 4) is 0 Å². The molecular weight excluding hydrogens is 364 g/mol. The van der Waals surface area contributed by atoms with Crippen molar-refractivity contribution in [1.82, 2.24) is 0 Å². The Morgan fingerprint density at radius 2 is 1.90 bits per heavy atom. The molecule has 0 aromatic carbocycles. The molecule has 0 radical (unpaired) electrons. The molecule has 1 heteroatoms. The molecule has 3 rings (SSSR count). The highest BCUT2D eigenvalue weighted by molar-refractivity contribution is 5.80. The Bertz CT molecular complexity index is 641. The summed E-state index contributed by atoms with van der Waals surface area (Å²) in [5.41, 5.74) is 1.95. The highest BCUT2D eigenvalue weighted by atomic mass is 16.1. The number of ketones is 1. The Labute approximate surface area is 187 Å². The van der Waals surface area contributed by atoms with Crippen LogP contribution in [0.3, 0.4) is 0 Å². The second kappa shape index (κ2) is 10.2. The van der Waals surface area contributed by atoms with Crippen LogP contribution < -0.4 is 0 Å². The lowest BCUT2D eigenvalue weighted by molar-refractivity contribution is -0.124. The van der Waals surface area contributed by atoms with E-state index in [0.29, 0.717) is 17.6 Å². The summed E-state index contributed by atoms with van der Waals surface area (Å²) < 4.78 is 0. The number of Topliss-reactive ketones (excluding diaryl/α,β-unsaturated/α-hetero) is 1. The summed E-state index contributed by atoms with van der Waals surface area (Å²) in [6, 6.07) is 0. The van der Waals surface area contributed by atoms with E-state index < -0.39 is 0 Å². The molecule has 2 fully saturated rings. The summed E-state index contributed by atoms with van der Waals surface area (Å²) in [6.45, 7) is 14.6. The molecule has 2 saturated carbocycles. The van der Waals surface area contributed by atoms with Gasteiger partial charge >= 0.3 is 0 Å². The van der Waals surface area contributed by atoms with Gasteiger partial charge in [0, 0.05) is 12.8 Å². The average Bonchev–Trinajstić information content (AvgIpc) is 2.78. The van der Waals surface area contributed by atoms with Gasteiger partial charge in [-0.2, -0.15) is 0 Å². The van der Waals surface area contributed by atoms with Gasteiger partial charge in [0.2, 0.25) is 0 Å². The Kier molecular flexibility index (Phi) is 8.08. The number of fused-ring (bicyclic) bond motifs is 3. The van der Waals surface area contributed by atoms with E-state index in [0.717, 1.165) is 48.9 Å². The van der Waals surface area contributed by atoms with Crippen LogP contribution in [0.1, 0.15) is 106 Å². The van der Waals surface area contributed by atoms with Crippen molar-refractivity contribution in [3.05, 3.63) is 23.8 Å². The first-order valence-electron chi connectivity index (χ1n) is 13.1. The van der Waals surface area contributed by atoms with E-state index in [9.17, 15) is 4.79 Å². The number of rotatable bonds is 6. The molecule has 0 amide bonds. The summed E-state index contributed by atoms with van der Waals surface area (Å²) in [5.74, 6) is 5.72. The lowest BCUT2D eigenvalue weighted by Crippen LogP contribution is -2.41. The fraction of sp³-hybridized carbons (Fsp3) is 0.828. The smallest absolute Gasteiger partial charge is 0.133 e. The van der Waals surface area contributed by atoms with Gasteiger partial charge in [-0.1, -0.05) is 78.2 Å². The normalized spacial score (nSPS) is 39.6. The summed E-state index contributed by atoms with van der Waals surface area (Å²) in [5, 5.41) is 0. The average molecular weight is 413 g/mol. The maximum absolute atomic E-state index is 12.1. The molecule has 0 saturated heterocycles. The Morgan fingerprint density at radius 3 is 2.60 bits per heavy atom. The molecule has 170 valence electrons. The number of hydrogen-bond acceptors (Lipinski definition) is 1. The fourth-order valence-electron chi connectivity index (χ4n) is 7.16. The minimum absolute atomic E-state index is 0.262. The molecule has 7 atom stereocenters. The Balaban J connectivity index is 1.72. The van der Waals surface area contributed by atoms with E-state index in [2.05, 4.69) is 59.8 Å². The lowest BCUT2D eigenvalue weighted by atomic mass is 9.55. The van der Waals surface area contributed by atoms with Crippen LogP contribution in [0.4, 0.5) is 0 Å². The summed E-state index contributed by atoms with van der Waals surface area (Å²) in [6.07, 6.45) is 19.5. The fourth-order valence-corrected chi connectivity index (χ4v) is 7.16. The molecule has 0 aromatic heterocycles. The van der Waals surface area contributed by atoms with Crippen LogP contribution in [-0.2, 0) is 4.79 Å². The van der Waals surface area contributed by atoms with Gasteiger partial charge in [0.25, 0.3) is 0 Å². The predicted octanol–water partition coefficient (Wildman–Crippen LogP) is 8.40. The zero-order valence-electron chi connectivity index (χ0n) is 20.8. The molecule has 0 heterocycles. The van der Waals surface area contributed by atoms with Crippen LogP contribution in [0, 0.1) is 46.8 Å². The maximum atomic E-state index is 12.1. The first-order chi connectivity index (χ1) is 14.3. The third kappa shape index (κ3) is 5.13. The number of carbonyl (C=O) groups is 1. The van der Waals surface area contributed by atoms with Gasteiger partial charge < -0.3 is 0 Å². The zero-order valence-corrected chi connectivity index (χ0v) is 20.8. The topological polar surface area (TPSA) is 17.1 Å². The highest BCUT2D eigenvalue weighted by Crippen LogP contribution is 2.55. The second-order valence-corrected chi connectivity index (χ2v) is 11.7. The van der Waals surface area contributed by atoms with Crippen molar-refractivity contribution in [3.63, 3.8) is 0 Å². The maximum Gasteiger partial charge on any atom is 0.133 e. The van der Waals surface area contributed by atoms with Crippen LogP contribution >= 0.6 is 0 Å². The van der Waals surface area contributed by atoms with Crippen LogP contribution in [0.2, 0.25) is 0 Å². The van der Waals surface area contributed by atoms with E-state index >= 15 is 0 Å². The summed E-state index contributed by atoms with van der Waals surface area (Å²) >= 11 is 0. The number of hydrogen-bond donors (Lipinski definition) is 0. The Hall–Kier alpha value is -0.850. The van der Waals surface area contributed by atoms with E-state index in [-0.39, 0.29) is 5.41 Å². The summed E-state index contributed by atoms with van der Waals surface area (Å²) in [7, 11) is 0. The number of allylic oxidation sites excluding steroid dienone is 4. The predicted molar refractivity (Wildman–Crippen MR) is 129 cm³/mol. The van der Waals surface area contributed by atoms with E-state index in [1.54, 1.807) is 5.57 Å². The molecular formula is C29H48O. The molecule has 0 aliphatic heterocycles.